The molecule has 1 heterocycles. The Labute approximate surface area is 134 Å². The molecule has 1 aromatic rings. The largest absolute Gasteiger partial charge is 0.339 e. The van der Waals surface area contributed by atoms with Crippen LogP contribution in [0.4, 0.5) is 0 Å². The molecule has 1 amide bonds. The van der Waals surface area contributed by atoms with Crippen LogP contribution in [-0.2, 0) is 4.79 Å². The Hall–Kier alpha value is -1.06. The number of nitrogens with zero attached hydrogens (tertiary/aromatic N) is 1. The van der Waals surface area contributed by atoms with Crippen LogP contribution in [0.3, 0.4) is 0 Å². The van der Waals surface area contributed by atoms with Crippen LogP contribution in [-0.4, -0.2) is 36.5 Å². The summed E-state index contributed by atoms with van der Waals surface area (Å²) in [5, 5.41) is 3.37. The summed E-state index contributed by atoms with van der Waals surface area (Å²) >= 11 is 0. The Balaban J connectivity index is 0.00000220. The quantitative estimate of drug-likeness (QED) is 0.906. The minimum atomic E-state index is -0.0439. The van der Waals surface area contributed by atoms with Crippen molar-refractivity contribution in [1.82, 2.24) is 10.2 Å². The van der Waals surface area contributed by atoms with E-state index in [4.69, 9.17) is 0 Å². The molecule has 3 nitrogen and oxygen atoms in total. The first-order valence-electron chi connectivity index (χ1n) is 7.80. The topological polar surface area (TPSA) is 32.3 Å². The van der Waals surface area contributed by atoms with Crippen molar-refractivity contribution in [1.29, 1.82) is 0 Å². The van der Waals surface area contributed by atoms with E-state index in [1.165, 1.54) is 0 Å². The summed E-state index contributed by atoms with van der Waals surface area (Å²) in [6.45, 7) is 7.10. The van der Waals surface area contributed by atoms with Gasteiger partial charge in [0.15, 0.2) is 0 Å². The van der Waals surface area contributed by atoms with Gasteiger partial charge in [0.2, 0.25) is 5.91 Å². The maximum atomic E-state index is 12.8. The second-order valence-electron chi connectivity index (χ2n) is 5.65. The monoisotopic (exact) mass is 310 g/mol. The van der Waals surface area contributed by atoms with E-state index in [1.54, 1.807) is 0 Å². The normalized spacial score (nSPS) is 16.9. The summed E-state index contributed by atoms with van der Waals surface area (Å²) in [5.41, 5.74) is 1.12. The highest BCUT2D eigenvalue weighted by molar-refractivity contribution is 5.85. The SMILES string of the molecule is CCCN(C(=O)C(C)c1ccccc1)C1CCNCC1.Cl. The van der Waals surface area contributed by atoms with E-state index in [9.17, 15) is 4.79 Å². The average molecular weight is 311 g/mol. The van der Waals surface area contributed by atoms with Gasteiger partial charge in [-0.1, -0.05) is 37.3 Å². The number of halogens is 1. The van der Waals surface area contributed by atoms with Crippen molar-refractivity contribution in [2.45, 2.75) is 45.1 Å². The van der Waals surface area contributed by atoms with E-state index < -0.39 is 0 Å². The molecule has 1 unspecified atom stereocenters. The number of hydrogen-bond acceptors (Lipinski definition) is 2. The molecule has 4 heteroatoms. The molecule has 2 rings (SSSR count). The number of rotatable bonds is 5. The maximum Gasteiger partial charge on any atom is 0.230 e. The lowest BCUT2D eigenvalue weighted by atomic mass is 9.97. The fourth-order valence-electron chi connectivity index (χ4n) is 2.96. The van der Waals surface area contributed by atoms with Crippen LogP contribution in [0.25, 0.3) is 0 Å². The Kier molecular flexibility index (Phi) is 7.76. The molecule has 1 saturated heterocycles. The maximum absolute atomic E-state index is 12.8. The number of carbonyl (C=O) groups excluding carboxylic acids is 1. The van der Waals surface area contributed by atoms with E-state index >= 15 is 0 Å². The van der Waals surface area contributed by atoms with Crippen molar-refractivity contribution in [3.8, 4) is 0 Å². The van der Waals surface area contributed by atoms with Crippen LogP contribution < -0.4 is 5.32 Å². The molecule has 1 aromatic carbocycles. The summed E-state index contributed by atoms with van der Waals surface area (Å²) < 4.78 is 0. The zero-order valence-corrected chi connectivity index (χ0v) is 13.9. The van der Waals surface area contributed by atoms with Gasteiger partial charge in [-0.3, -0.25) is 4.79 Å². The molecular formula is C17H27ClN2O. The van der Waals surface area contributed by atoms with Gasteiger partial charge >= 0.3 is 0 Å². The van der Waals surface area contributed by atoms with Crippen molar-refractivity contribution in [2.75, 3.05) is 19.6 Å². The van der Waals surface area contributed by atoms with Gasteiger partial charge in [0.05, 0.1) is 5.92 Å². The van der Waals surface area contributed by atoms with Gasteiger partial charge < -0.3 is 10.2 Å². The van der Waals surface area contributed by atoms with E-state index in [0.717, 1.165) is 44.5 Å². The lowest BCUT2D eigenvalue weighted by molar-refractivity contribution is -0.135. The van der Waals surface area contributed by atoms with Crippen LogP contribution in [0.2, 0.25) is 0 Å². The third-order valence-electron chi connectivity index (χ3n) is 4.17. The molecule has 0 saturated carbocycles. The van der Waals surface area contributed by atoms with E-state index in [1.807, 2.05) is 25.1 Å². The predicted octanol–water partition coefficient (Wildman–Crippen LogP) is 3.20. The number of piperidine rings is 1. The van der Waals surface area contributed by atoms with Crippen molar-refractivity contribution in [2.24, 2.45) is 0 Å². The Morgan fingerprint density at radius 3 is 2.48 bits per heavy atom. The molecule has 0 aromatic heterocycles. The minimum absolute atomic E-state index is 0. The van der Waals surface area contributed by atoms with Crippen LogP contribution in [0.5, 0.6) is 0 Å². The second kappa shape index (κ2) is 9.06. The number of carbonyl (C=O) groups is 1. The van der Waals surface area contributed by atoms with Crippen LogP contribution in [0.1, 0.15) is 44.6 Å². The van der Waals surface area contributed by atoms with Crippen molar-refractivity contribution in [3.63, 3.8) is 0 Å². The van der Waals surface area contributed by atoms with Crippen LogP contribution in [0, 0.1) is 0 Å². The van der Waals surface area contributed by atoms with Gasteiger partial charge in [-0.25, -0.2) is 0 Å². The number of benzene rings is 1. The van der Waals surface area contributed by atoms with Gasteiger partial charge in [-0.15, -0.1) is 12.4 Å². The summed E-state index contributed by atoms with van der Waals surface area (Å²) in [4.78, 5) is 15.0. The first kappa shape index (κ1) is 18.0. The van der Waals surface area contributed by atoms with Crippen molar-refractivity contribution in [3.05, 3.63) is 35.9 Å². The van der Waals surface area contributed by atoms with E-state index in [0.29, 0.717) is 6.04 Å². The van der Waals surface area contributed by atoms with Gasteiger partial charge in [0, 0.05) is 12.6 Å². The predicted molar refractivity (Wildman–Crippen MR) is 90.0 cm³/mol. The van der Waals surface area contributed by atoms with E-state index in [2.05, 4.69) is 29.3 Å². The molecule has 1 fully saturated rings. The zero-order chi connectivity index (χ0) is 14.4. The highest BCUT2D eigenvalue weighted by atomic mass is 35.5. The van der Waals surface area contributed by atoms with E-state index in [-0.39, 0.29) is 24.2 Å². The van der Waals surface area contributed by atoms with Gasteiger partial charge in [0.1, 0.15) is 0 Å². The van der Waals surface area contributed by atoms with Crippen molar-refractivity contribution < 1.29 is 4.79 Å². The molecule has 0 aliphatic carbocycles. The van der Waals surface area contributed by atoms with Gasteiger partial charge in [0.25, 0.3) is 0 Å². The number of amides is 1. The fourth-order valence-corrected chi connectivity index (χ4v) is 2.96. The first-order valence-corrected chi connectivity index (χ1v) is 7.80. The minimum Gasteiger partial charge on any atom is -0.339 e. The smallest absolute Gasteiger partial charge is 0.230 e. The molecule has 1 aliphatic rings. The fraction of sp³-hybridized carbons (Fsp3) is 0.588. The highest BCUT2D eigenvalue weighted by Gasteiger charge is 2.28. The lowest BCUT2D eigenvalue weighted by Crippen LogP contribution is -2.47. The van der Waals surface area contributed by atoms with Gasteiger partial charge in [-0.05, 0) is 44.8 Å². The van der Waals surface area contributed by atoms with Gasteiger partial charge in [-0.2, -0.15) is 0 Å². The molecule has 1 aliphatic heterocycles. The first-order chi connectivity index (χ1) is 9.74. The number of nitrogens with one attached hydrogen (secondary N) is 1. The molecule has 1 atom stereocenters. The molecule has 0 spiro atoms. The number of hydrogen-bond donors (Lipinski definition) is 1. The Bertz CT molecular complexity index is 418. The summed E-state index contributed by atoms with van der Waals surface area (Å²) in [6, 6.07) is 10.5. The Morgan fingerprint density at radius 2 is 1.90 bits per heavy atom. The molecule has 21 heavy (non-hydrogen) atoms. The van der Waals surface area contributed by atoms with Crippen molar-refractivity contribution >= 4 is 18.3 Å². The third kappa shape index (κ3) is 4.72. The third-order valence-corrected chi connectivity index (χ3v) is 4.17. The molecule has 1 N–H and O–H groups in total. The summed E-state index contributed by atoms with van der Waals surface area (Å²) in [5.74, 6) is 0.239. The lowest BCUT2D eigenvalue weighted by Gasteiger charge is -2.36. The average Bonchev–Trinajstić information content (AvgIpc) is 2.53. The zero-order valence-electron chi connectivity index (χ0n) is 13.0. The summed E-state index contributed by atoms with van der Waals surface area (Å²) in [6.07, 6.45) is 3.18. The van der Waals surface area contributed by atoms with Crippen LogP contribution >= 0.6 is 12.4 Å². The second-order valence-corrected chi connectivity index (χ2v) is 5.65. The standard InChI is InChI=1S/C17H26N2O.ClH/c1-3-13-19(16-9-11-18-12-10-16)17(20)14(2)15-7-5-4-6-8-15;/h4-8,14,16,18H,3,9-13H2,1-2H3;1H. The molecular weight excluding hydrogens is 284 g/mol. The Morgan fingerprint density at radius 1 is 1.29 bits per heavy atom. The molecule has 0 radical (unpaired) electrons. The van der Waals surface area contributed by atoms with Crippen LogP contribution in [0.15, 0.2) is 30.3 Å². The molecule has 118 valence electrons. The summed E-state index contributed by atoms with van der Waals surface area (Å²) in [7, 11) is 0. The molecule has 0 bridgehead atoms. The highest BCUT2D eigenvalue weighted by Crippen LogP contribution is 2.22.